The highest BCUT2D eigenvalue weighted by atomic mass is 79.9. The number of halogens is 1. The van der Waals surface area contributed by atoms with Crippen LogP contribution in [0.15, 0.2) is 87.3 Å². The van der Waals surface area contributed by atoms with Gasteiger partial charge in [-0.1, -0.05) is 33.6 Å². The Bertz CT molecular complexity index is 1210. The molecule has 0 unspecified atom stereocenters. The number of nitrogens with zero attached hydrogens (tertiary/aromatic N) is 2. The number of benzene rings is 3. The summed E-state index contributed by atoms with van der Waals surface area (Å²) in [6.45, 7) is 3.92. The van der Waals surface area contributed by atoms with E-state index in [1.807, 2.05) is 13.8 Å². The topological polar surface area (TPSA) is 88.1 Å². The molecule has 3 rings (SSSR count). The number of hydrogen-bond acceptors (Lipinski definition) is 5. The van der Waals surface area contributed by atoms with Crippen LogP contribution in [-0.2, 0) is 14.8 Å². The SMILES string of the molecule is CCOc1ccc(/C=N\NC(=O)CN(c2ccc(Br)cc2)S(=O)(=O)c2ccc(C)cc2)cc1. The number of ether oxygens (including phenoxy) is 1. The van der Waals surface area contributed by atoms with Gasteiger partial charge in [0.2, 0.25) is 0 Å². The zero-order chi connectivity index (χ0) is 23.8. The van der Waals surface area contributed by atoms with Crippen molar-refractivity contribution in [2.24, 2.45) is 5.10 Å². The molecule has 0 spiro atoms. The van der Waals surface area contributed by atoms with Crippen molar-refractivity contribution < 1.29 is 17.9 Å². The Morgan fingerprint density at radius 3 is 2.27 bits per heavy atom. The van der Waals surface area contributed by atoms with Crippen molar-refractivity contribution in [3.63, 3.8) is 0 Å². The quantitative estimate of drug-likeness (QED) is 0.326. The van der Waals surface area contributed by atoms with E-state index in [2.05, 4.69) is 26.5 Å². The maximum absolute atomic E-state index is 13.3. The van der Waals surface area contributed by atoms with Crippen LogP contribution in [0.2, 0.25) is 0 Å². The number of hydrazone groups is 1. The molecule has 3 aromatic carbocycles. The van der Waals surface area contributed by atoms with Gasteiger partial charge in [-0.05, 0) is 80.1 Å². The molecule has 0 radical (unpaired) electrons. The second-order valence-electron chi connectivity index (χ2n) is 7.10. The fourth-order valence-corrected chi connectivity index (χ4v) is 4.61. The van der Waals surface area contributed by atoms with E-state index in [1.54, 1.807) is 60.7 Å². The molecule has 0 saturated carbocycles. The number of amides is 1. The number of rotatable bonds is 9. The lowest BCUT2D eigenvalue weighted by atomic mass is 10.2. The molecule has 33 heavy (non-hydrogen) atoms. The molecule has 7 nitrogen and oxygen atoms in total. The number of aryl methyl sites for hydroxylation is 1. The van der Waals surface area contributed by atoms with Crippen molar-refractivity contribution in [1.82, 2.24) is 5.43 Å². The van der Waals surface area contributed by atoms with Crippen molar-refractivity contribution in [2.45, 2.75) is 18.7 Å². The van der Waals surface area contributed by atoms with Gasteiger partial charge in [-0.25, -0.2) is 13.8 Å². The van der Waals surface area contributed by atoms with Crippen LogP contribution in [0.4, 0.5) is 5.69 Å². The van der Waals surface area contributed by atoms with Gasteiger partial charge in [0, 0.05) is 4.47 Å². The summed E-state index contributed by atoms with van der Waals surface area (Å²) >= 11 is 3.34. The number of sulfonamides is 1. The van der Waals surface area contributed by atoms with E-state index in [-0.39, 0.29) is 4.90 Å². The molecule has 0 heterocycles. The molecular weight excluding hydrogens is 506 g/mol. The minimum absolute atomic E-state index is 0.0988. The Morgan fingerprint density at radius 1 is 1.03 bits per heavy atom. The molecule has 0 bridgehead atoms. The lowest BCUT2D eigenvalue weighted by molar-refractivity contribution is -0.119. The van der Waals surface area contributed by atoms with Gasteiger partial charge in [0.15, 0.2) is 0 Å². The Kier molecular flexibility index (Phi) is 8.24. The molecule has 9 heteroatoms. The summed E-state index contributed by atoms with van der Waals surface area (Å²) in [7, 11) is -3.97. The maximum Gasteiger partial charge on any atom is 0.264 e. The van der Waals surface area contributed by atoms with Crippen molar-refractivity contribution in [2.75, 3.05) is 17.5 Å². The van der Waals surface area contributed by atoms with Gasteiger partial charge in [-0.3, -0.25) is 9.10 Å². The zero-order valence-electron chi connectivity index (χ0n) is 18.2. The fourth-order valence-electron chi connectivity index (χ4n) is 2.92. The van der Waals surface area contributed by atoms with Gasteiger partial charge in [0.05, 0.1) is 23.4 Å². The molecule has 0 aliphatic rings. The summed E-state index contributed by atoms with van der Waals surface area (Å²) in [4.78, 5) is 12.7. The predicted molar refractivity (Wildman–Crippen MR) is 133 cm³/mol. The average Bonchev–Trinajstić information content (AvgIpc) is 2.80. The average molecular weight is 530 g/mol. The summed E-state index contributed by atoms with van der Waals surface area (Å²) in [6, 6.07) is 20.4. The van der Waals surface area contributed by atoms with E-state index in [0.717, 1.165) is 25.7 Å². The van der Waals surface area contributed by atoms with E-state index in [4.69, 9.17) is 4.74 Å². The molecule has 172 valence electrons. The maximum atomic E-state index is 13.3. The molecule has 1 amide bonds. The lowest BCUT2D eigenvalue weighted by Crippen LogP contribution is -2.39. The van der Waals surface area contributed by atoms with Crippen LogP contribution in [0.25, 0.3) is 0 Å². The van der Waals surface area contributed by atoms with Gasteiger partial charge in [-0.2, -0.15) is 5.10 Å². The van der Waals surface area contributed by atoms with E-state index in [9.17, 15) is 13.2 Å². The number of anilines is 1. The molecule has 0 aliphatic carbocycles. The summed E-state index contributed by atoms with van der Waals surface area (Å²) in [5.41, 5.74) is 4.46. The molecule has 1 N–H and O–H groups in total. The first-order chi connectivity index (χ1) is 15.8. The number of hydrogen-bond donors (Lipinski definition) is 1. The molecule has 0 saturated heterocycles. The Hall–Kier alpha value is -3.17. The van der Waals surface area contributed by atoms with Crippen molar-refractivity contribution >= 4 is 43.8 Å². The van der Waals surface area contributed by atoms with Gasteiger partial charge in [-0.15, -0.1) is 0 Å². The van der Waals surface area contributed by atoms with Crippen molar-refractivity contribution in [3.8, 4) is 5.75 Å². The van der Waals surface area contributed by atoms with E-state index < -0.39 is 22.5 Å². The molecular formula is C24H24BrN3O4S. The largest absolute Gasteiger partial charge is 0.494 e. The van der Waals surface area contributed by atoms with Crippen LogP contribution >= 0.6 is 15.9 Å². The highest BCUT2D eigenvalue weighted by Gasteiger charge is 2.27. The standard InChI is InChI=1S/C24H24BrN3O4S/c1-3-32-22-12-6-19(7-13-22)16-26-27-24(29)17-28(21-10-8-20(25)9-11-21)33(30,31)23-14-4-18(2)5-15-23/h4-16H,3,17H2,1-2H3,(H,27,29)/b26-16-. The van der Waals surface area contributed by atoms with Crippen LogP contribution in [0.1, 0.15) is 18.1 Å². The van der Waals surface area contributed by atoms with Crippen LogP contribution in [0, 0.1) is 6.92 Å². The number of carbonyl (C=O) groups is 1. The molecule has 3 aromatic rings. The third-order valence-electron chi connectivity index (χ3n) is 4.60. The lowest BCUT2D eigenvalue weighted by Gasteiger charge is -2.23. The smallest absolute Gasteiger partial charge is 0.264 e. The summed E-state index contributed by atoms with van der Waals surface area (Å²) < 4.78 is 33.9. The minimum atomic E-state index is -3.97. The zero-order valence-corrected chi connectivity index (χ0v) is 20.6. The van der Waals surface area contributed by atoms with Crippen LogP contribution in [0.3, 0.4) is 0 Å². The number of carbonyl (C=O) groups excluding carboxylic acids is 1. The predicted octanol–water partition coefficient (Wildman–Crippen LogP) is 4.50. The number of nitrogens with one attached hydrogen (secondary N) is 1. The Balaban J connectivity index is 1.77. The van der Waals surface area contributed by atoms with Gasteiger partial charge in [0.1, 0.15) is 12.3 Å². The monoisotopic (exact) mass is 529 g/mol. The van der Waals surface area contributed by atoms with E-state index in [1.165, 1.54) is 18.3 Å². The van der Waals surface area contributed by atoms with Crippen molar-refractivity contribution in [3.05, 3.63) is 88.4 Å². The van der Waals surface area contributed by atoms with Crippen LogP contribution in [-0.4, -0.2) is 33.7 Å². The molecule has 0 atom stereocenters. The third kappa shape index (κ3) is 6.66. The van der Waals surface area contributed by atoms with Gasteiger partial charge >= 0.3 is 0 Å². The molecule has 0 aliphatic heterocycles. The fraction of sp³-hybridized carbons (Fsp3) is 0.167. The highest BCUT2D eigenvalue weighted by Crippen LogP contribution is 2.25. The second kappa shape index (κ2) is 11.1. The molecule has 0 aromatic heterocycles. The normalized spacial score (nSPS) is 11.4. The van der Waals surface area contributed by atoms with E-state index in [0.29, 0.717) is 12.3 Å². The van der Waals surface area contributed by atoms with Gasteiger partial charge in [0.25, 0.3) is 15.9 Å². The second-order valence-corrected chi connectivity index (χ2v) is 9.87. The summed E-state index contributed by atoms with van der Waals surface area (Å²) in [6.07, 6.45) is 1.48. The Labute approximate surface area is 202 Å². The minimum Gasteiger partial charge on any atom is -0.494 e. The first-order valence-electron chi connectivity index (χ1n) is 10.2. The summed E-state index contributed by atoms with van der Waals surface area (Å²) in [5.74, 6) is 0.168. The van der Waals surface area contributed by atoms with Crippen molar-refractivity contribution in [1.29, 1.82) is 0 Å². The van der Waals surface area contributed by atoms with Crippen LogP contribution < -0.4 is 14.5 Å². The molecule has 0 fully saturated rings. The third-order valence-corrected chi connectivity index (χ3v) is 6.92. The summed E-state index contributed by atoms with van der Waals surface area (Å²) in [5, 5.41) is 3.95. The van der Waals surface area contributed by atoms with Crippen LogP contribution in [0.5, 0.6) is 5.75 Å². The van der Waals surface area contributed by atoms with Gasteiger partial charge < -0.3 is 4.74 Å². The first-order valence-corrected chi connectivity index (χ1v) is 12.4. The highest BCUT2D eigenvalue weighted by molar-refractivity contribution is 9.10. The van der Waals surface area contributed by atoms with E-state index >= 15 is 0 Å². The Morgan fingerprint density at radius 2 is 1.67 bits per heavy atom. The first kappa shape index (κ1) is 24.5.